The summed E-state index contributed by atoms with van der Waals surface area (Å²) in [6.07, 6.45) is -2.56. The van der Waals surface area contributed by atoms with Gasteiger partial charge in [-0.05, 0) is 19.9 Å². The molecule has 5 N–H and O–H groups in total. The Morgan fingerprint density at radius 3 is 2.96 bits per heavy atom. The summed E-state index contributed by atoms with van der Waals surface area (Å²) in [5, 5.41) is 20.7. The van der Waals surface area contributed by atoms with E-state index in [4.69, 9.17) is 22.1 Å². The van der Waals surface area contributed by atoms with E-state index in [2.05, 4.69) is 21.8 Å². The Kier molecular flexibility index (Phi) is 4.05. The Bertz CT molecular complexity index is 896. The number of halogens is 1. The molecule has 8 nitrogen and oxygen atoms in total. The van der Waals surface area contributed by atoms with Crippen molar-refractivity contribution in [3.05, 3.63) is 22.6 Å². The van der Waals surface area contributed by atoms with E-state index >= 15 is 0 Å². The van der Waals surface area contributed by atoms with Crippen molar-refractivity contribution < 1.29 is 14.9 Å². The van der Waals surface area contributed by atoms with Crippen LogP contribution in [0.15, 0.2) is 17.1 Å². The minimum atomic E-state index is -1.51. The molecule has 1 unspecified atom stereocenters. The number of hydrogen-bond acceptors (Lipinski definition) is 6. The zero-order chi connectivity index (χ0) is 17.6. The predicted octanol–water partition coefficient (Wildman–Crippen LogP) is -0.0532. The molecule has 5 atom stereocenters. The average Bonchev–Trinajstić information content (AvgIpc) is 3.00. The second kappa shape index (κ2) is 5.79. The van der Waals surface area contributed by atoms with Crippen molar-refractivity contribution in [1.29, 1.82) is 0 Å². The van der Waals surface area contributed by atoms with Crippen LogP contribution in [0.25, 0.3) is 11.0 Å². The summed E-state index contributed by atoms with van der Waals surface area (Å²) < 4.78 is 7.26. The van der Waals surface area contributed by atoms with E-state index in [1.54, 1.807) is 19.2 Å². The monoisotopic (exact) mass is 352 g/mol. The number of nitrogens with two attached hydrogens (primary N) is 1. The van der Waals surface area contributed by atoms with Crippen LogP contribution < -0.4 is 11.3 Å². The fourth-order valence-electron chi connectivity index (χ4n) is 2.93. The highest BCUT2D eigenvalue weighted by Crippen LogP contribution is 2.45. The third-order valence-electron chi connectivity index (χ3n) is 4.03. The van der Waals surface area contributed by atoms with Gasteiger partial charge in [0.15, 0.2) is 16.7 Å². The minimum Gasteiger partial charge on any atom is -0.391 e. The van der Waals surface area contributed by atoms with Gasteiger partial charge in [0, 0.05) is 6.20 Å². The molecular weight excluding hydrogens is 336 g/mol. The Hall–Kier alpha value is -2.05. The van der Waals surface area contributed by atoms with E-state index in [-0.39, 0.29) is 11.6 Å². The largest absolute Gasteiger partial charge is 0.391 e. The van der Waals surface area contributed by atoms with Crippen molar-refractivity contribution in [3.63, 3.8) is 0 Å². The summed E-state index contributed by atoms with van der Waals surface area (Å²) in [6.45, 7) is 3.07. The van der Waals surface area contributed by atoms with Gasteiger partial charge in [-0.3, -0.25) is 9.78 Å². The number of rotatable bonds is 2. The highest BCUT2D eigenvalue weighted by Gasteiger charge is 2.57. The lowest BCUT2D eigenvalue weighted by molar-refractivity contribution is -0.0751. The van der Waals surface area contributed by atoms with Crippen molar-refractivity contribution in [1.82, 2.24) is 14.5 Å². The molecule has 0 saturated carbocycles. The molecule has 24 heavy (non-hydrogen) atoms. The van der Waals surface area contributed by atoms with E-state index in [0.29, 0.717) is 5.39 Å². The number of anilines is 1. The van der Waals surface area contributed by atoms with Crippen LogP contribution in [-0.4, -0.2) is 47.9 Å². The molecule has 0 aliphatic carbocycles. The smallest absolute Gasteiger partial charge is 0.261 e. The molecule has 128 valence electrons. The summed E-state index contributed by atoms with van der Waals surface area (Å²) in [4.78, 5) is 17.0. The third-order valence-corrected chi connectivity index (χ3v) is 4.54. The van der Waals surface area contributed by atoms with E-state index in [1.165, 1.54) is 11.5 Å². The highest BCUT2D eigenvalue weighted by atomic mass is 35.5. The number of fused-ring (bicyclic) bond motifs is 1. The summed E-state index contributed by atoms with van der Waals surface area (Å²) in [7, 11) is 0. The van der Waals surface area contributed by atoms with Crippen LogP contribution in [0, 0.1) is 11.8 Å². The number of ether oxygens (including phenoxy) is 1. The first-order valence-corrected chi connectivity index (χ1v) is 7.68. The molecule has 3 heterocycles. The predicted molar refractivity (Wildman–Crippen MR) is 88.4 cm³/mol. The fourth-order valence-corrected chi connectivity index (χ4v) is 3.30. The van der Waals surface area contributed by atoms with E-state index in [1.807, 2.05) is 0 Å². The number of aromatic nitrogens is 3. The van der Waals surface area contributed by atoms with Crippen molar-refractivity contribution in [2.24, 2.45) is 0 Å². The first-order valence-electron chi connectivity index (χ1n) is 7.30. The summed E-state index contributed by atoms with van der Waals surface area (Å²) in [5.41, 5.74) is 5.46. The highest BCUT2D eigenvalue weighted by molar-refractivity contribution is 6.27. The van der Waals surface area contributed by atoms with Gasteiger partial charge < -0.3 is 25.3 Å². The van der Waals surface area contributed by atoms with Gasteiger partial charge in [0.2, 0.25) is 5.95 Å². The molecule has 2 aromatic rings. The standard InChI is InChI=1S/C15H17ClN4O4/c1-3-5-15(16)10(22)9(7(2)21)24-13(15)20-6-4-8-11(20)18-14(17)19-12(8)23/h4,6-7,9-10,13,21-22H,1-2H3,(H3,17,18,19,23)/t7-,9-,10?,13-,15-/m1/s1. The molecule has 0 radical (unpaired) electrons. The molecule has 1 aliphatic heterocycles. The lowest BCUT2D eigenvalue weighted by Gasteiger charge is -2.26. The molecule has 1 fully saturated rings. The SMILES string of the molecule is CC#C[C@@]1(Cl)C(O)[C@@H]([C@@H](C)O)O[C@H]1n1ccc2c(=O)[nH]c(N)nc21. The normalized spacial score (nSPS) is 31.0. The fraction of sp³-hybridized carbons (Fsp3) is 0.467. The molecule has 0 aromatic carbocycles. The van der Waals surface area contributed by atoms with Crippen LogP contribution in [-0.2, 0) is 4.74 Å². The Labute approximate surface area is 142 Å². The number of nitrogens with one attached hydrogen (secondary N) is 1. The maximum absolute atomic E-state index is 12.0. The molecule has 1 saturated heterocycles. The van der Waals surface area contributed by atoms with Crippen LogP contribution in [0.2, 0.25) is 0 Å². The number of nitrogen functional groups attached to an aromatic ring is 1. The number of hydrogen-bond donors (Lipinski definition) is 4. The number of aliphatic hydroxyl groups excluding tert-OH is 2. The molecule has 0 bridgehead atoms. The van der Waals surface area contributed by atoms with Crippen LogP contribution in [0.3, 0.4) is 0 Å². The van der Waals surface area contributed by atoms with Gasteiger partial charge in [0.25, 0.3) is 5.56 Å². The molecule has 2 aromatic heterocycles. The number of H-pyrrole nitrogens is 1. The number of alkyl halides is 1. The topological polar surface area (TPSA) is 126 Å². The van der Waals surface area contributed by atoms with E-state index in [0.717, 1.165) is 0 Å². The first kappa shape index (κ1) is 16.8. The molecule has 1 aliphatic rings. The van der Waals surface area contributed by atoms with Crippen LogP contribution in [0.1, 0.15) is 20.1 Å². The van der Waals surface area contributed by atoms with Crippen LogP contribution in [0.5, 0.6) is 0 Å². The lowest BCUT2D eigenvalue weighted by atomic mass is 9.97. The summed E-state index contributed by atoms with van der Waals surface area (Å²) >= 11 is 6.57. The van der Waals surface area contributed by atoms with Gasteiger partial charge in [-0.1, -0.05) is 17.5 Å². The molecule has 0 spiro atoms. The van der Waals surface area contributed by atoms with Crippen LogP contribution >= 0.6 is 11.6 Å². The van der Waals surface area contributed by atoms with Gasteiger partial charge in [-0.15, -0.1) is 5.92 Å². The average molecular weight is 353 g/mol. The van der Waals surface area contributed by atoms with Crippen LogP contribution in [0.4, 0.5) is 5.95 Å². The zero-order valence-electron chi connectivity index (χ0n) is 13.0. The number of aliphatic hydroxyl groups is 2. The van der Waals surface area contributed by atoms with Gasteiger partial charge >= 0.3 is 0 Å². The van der Waals surface area contributed by atoms with Gasteiger partial charge in [0.1, 0.15) is 12.2 Å². The van der Waals surface area contributed by atoms with Gasteiger partial charge in [-0.25, -0.2) is 0 Å². The molecular formula is C15H17ClN4O4. The number of aromatic amines is 1. The Morgan fingerprint density at radius 1 is 1.62 bits per heavy atom. The summed E-state index contributed by atoms with van der Waals surface area (Å²) in [5.74, 6) is 5.37. The lowest BCUT2D eigenvalue weighted by Crippen LogP contribution is -2.43. The first-order chi connectivity index (χ1) is 11.3. The van der Waals surface area contributed by atoms with Crippen molar-refractivity contribution in [2.45, 2.75) is 43.3 Å². The molecule has 3 rings (SSSR count). The quantitative estimate of drug-likeness (QED) is 0.443. The van der Waals surface area contributed by atoms with Gasteiger partial charge in [-0.2, -0.15) is 4.98 Å². The molecule has 0 amide bonds. The summed E-state index contributed by atoms with van der Waals surface area (Å²) in [6, 6.07) is 1.54. The number of nitrogens with zero attached hydrogens (tertiary/aromatic N) is 2. The Morgan fingerprint density at radius 2 is 2.33 bits per heavy atom. The van der Waals surface area contributed by atoms with Crippen molar-refractivity contribution in [3.8, 4) is 11.8 Å². The maximum Gasteiger partial charge on any atom is 0.261 e. The second-order valence-corrected chi connectivity index (χ2v) is 6.32. The van der Waals surface area contributed by atoms with Gasteiger partial charge in [0.05, 0.1) is 11.5 Å². The van der Waals surface area contributed by atoms with Crippen molar-refractivity contribution >= 4 is 28.6 Å². The molecule has 9 heteroatoms. The van der Waals surface area contributed by atoms with E-state index < -0.39 is 35.0 Å². The van der Waals surface area contributed by atoms with E-state index in [9.17, 15) is 15.0 Å². The maximum atomic E-state index is 12.0. The minimum absolute atomic E-state index is 0.0557. The second-order valence-electron chi connectivity index (χ2n) is 5.69. The third kappa shape index (κ3) is 2.37. The zero-order valence-corrected chi connectivity index (χ0v) is 13.8. The Balaban J connectivity index is 2.20. The van der Waals surface area contributed by atoms with Crippen molar-refractivity contribution in [2.75, 3.05) is 5.73 Å².